The first-order valence-corrected chi connectivity index (χ1v) is 6.73. The molecule has 3 amide bonds. The summed E-state index contributed by atoms with van der Waals surface area (Å²) < 4.78 is 0. The largest absolute Gasteiger partial charge is 0.344 e. The first-order chi connectivity index (χ1) is 9.85. The van der Waals surface area contributed by atoms with Gasteiger partial charge in [-0.25, -0.2) is 0 Å². The summed E-state index contributed by atoms with van der Waals surface area (Å²) in [5.41, 5.74) is 5.61. The third kappa shape index (κ3) is 11.8. The van der Waals surface area contributed by atoms with Crippen LogP contribution in [0, 0.1) is 0 Å². The van der Waals surface area contributed by atoms with E-state index in [4.69, 9.17) is 5.73 Å². The third-order valence-electron chi connectivity index (χ3n) is 2.65. The molecule has 0 fully saturated rings. The summed E-state index contributed by atoms with van der Waals surface area (Å²) in [7, 11) is 0. The minimum absolute atomic E-state index is 0.123. The maximum Gasteiger partial charge on any atom is 0.217 e. The van der Waals surface area contributed by atoms with Crippen molar-refractivity contribution in [2.45, 2.75) is 20.8 Å². The number of nitrogens with one attached hydrogen (secondary N) is 3. The zero-order valence-corrected chi connectivity index (χ0v) is 12.9. The molecule has 0 aliphatic heterocycles. The highest BCUT2D eigenvalue weighted by Crippen LogP contribution is 1.89. The molecule has 21 heavy (non-hydrogen) atoms. The van der Waals surface area contributed by atoms with Gasteiger partial charge in [0.05, 0.1) is 20.0 Å². The molecule has 0 radical (unpaired) electrons. The summed E-state index contributed by atoms with van der Waals surface area (Å²) in [6, 6.07) is 0. The monoisotopic (exact) mass is 302 g/mol. The van der Waals surface area contributed by atoms with Crippen molar-refractivity contribution in [2.75, 3.05) is 39.8 Å². The number of nitrogens with zero attached hydrogens (tertiary/aromatic N) is 2. The number of nitrogens with two attached hydrogens (primary N) is 1. The van der Waals surface area contributed by atoms with Crippen LogP contribution in [-0.4, -0.2) is 67.3 Å². The van der Waals surface area contributed by atoms with Crippen LogP contribution in [0.25, 0.3) is 0 Å². The lowest BCUT2D eigenvalue weighted by atomic mass is 10.5. The van der Waals surface area contributed by atoms with Crippen molar-refractivity contribution in [2.24, 2.45) is 5.73 Å². The van der Waals surface area contributed by atoms with Crippen LogP contribution in [0.5, 0.6) is 0 Å². The van der Waals surface area contributed by atoms with E-state index in [1.807, 2.05) is 9.80 Å². The molecule has 0 aliphatic rings. The van der Waals surface area contributed by atoms with Crippen molar-refractivity contribution >= 4 is 17.7 Å². The topological polar surface area (TPSA) is 120 Å². The molecular formula is C12H26N6O3. The highest BCUT2D eigenvalue weighted by molar-refractivity contribution is 5.73. The predicted octanol–water partition coefficient (Wildman–Crippen LogP) is -2.21. The van der Waals surface area contributed by atoms with Crippen LogP contribution in [0.4, 0.5) is 0 Å². The minimum Gasteiger partial charge on any atom is -0.344 e. The molecule has 0 bridgehead atoms. The number of rotatable bonds is 10. The molecule has 122 valence electrons. The first kappa shape index (κ1) is 19.3. The van der Waals surface area contributed by atoms with Gasteiger partial charge in [-0.2, -0.15) is 0 Å². The van der Waals surface area contributed by atoms with E-state index in [1.165, 1.54) is 20.8 Å². The van der Waals surface area contributed by atoms with Crippen LogP contribution < -0.4 is 21.7 Å². The van der Waals surface area contributed by atoms with Crippen LogP contribution in [0.15, 0.2) is 0 Å². The van der Waals surface area contributed by atoms with Crippen molar-refractivity contribution in [3.63, 3.8) is 0 Å². The van der Waals surface area contributed by atoms with E-state index < -0.39 is 0 Å². The Bertz CT molecular complexity index is 332. The standard InChI is InChI=1S/C12H26N6O3/c1-10(19)14-7-17(6-13)4-5-18(8-15-11(2)20)9-16-12(3)21/h4-9,13H2,1-3H3,(H,14,19)(H,15,20)(H,16,21). The van der Waals surface area contributed by atoms with E-state index in [0.29, 0.717) is 39.8 Å². The van der Waals surface area contributed by atoms with E-state index in [2.05, 4.69) is 16.0 Å². The lowest BCUT2D eigenvalue weighted by Crippen LogP contribution is -2.48. The molecule has 0 saturated carbocycles. The van der Waals surface area contributed by atoms with Crippen molar-refractivity contribution in [3.05, 3.63) is 0 Å². The summed E-state index contributed by atoms with van der Waals surface area (Å²) in [6.45, 7) is 6.79. The predicted molar refractivity (Wildman–Crippen MR) is 78.5 cm³/mol. The highest BCUT2D eigenvalue weighted by atomic mass is 16.2. The second-order valence-electron chi connectivity index (χ2n) is 4.64. The van der Waals surface area contributed by atoms with Gasteiger partial charge in [0.25, 0.3) is 0 Å². The zero-order chi connectivity index (χ0) is 16.3. The molecule has 9 heteroatoms. The normalized spacial score (nSPS) is 10.6. The number of carbonyl (C=O) groups excluding carboxylic acids is 3. The van der Waals surface area contributed by atoms with Gasteiger partial charge in [-0.05, 0) is 0 Å². The molecule has 0 rings (SSSR count). The van der Waals surface area contributed by atoms with E-state index in [0.717, 1.165) is 0 Å². The Balaban J connectivity index is 4.24. The van der Waals surface area contributed by atoms with E-state index >= 15 is 0 Å². The van der Waals surface area contributed by atoms with Crippen LogP contribution in [-0.2, 0) is 14.4 Å². The zero-order valence-electron chi connectivity index (χ0n) is 12.9. The summed E-state index contributed by atoms with van der Waals surface area (Å²) in [6.07, 6.45) is 0. The average Bonchev–Trinajstić information content (AvgIpc) is 2.40. The van der Waals surface area contributed by atoms with Gasteiger partial charge in [0.1, 0.15) is 0 Å². The quantitative estimate of drug-likeness (QED) is 0.340. The Kier molecular flexibility index (Phi) is 10.1. The molecule has 0 atom stereocenters. The van der Waals surface area contributed by atoms with Gasteiger partial charge in [0, 0.05) is 40.5 Å². The van der Waals surface area contributed by atoms with Crippen LogP contribution in [0.1, 0.15) is 20.8 Å². The first-order valence-electron chi connectivity index (χ1n) is 6.73. The Labute approximate surface area is 125 Å². The lowest BCUT2D eigenvalue weighted by molar-refractivity contribution is -0.121. The SMILES string of the molecule is CC(=O)NCN(CN)CCN(CNC(C)=O)CNC(C)=O. The number of carbonyl (C=O) groups is 3. The maximum absolute atomic E-state index is 11.0. The van der Waals surface area contributed by atoms with Crippen LogP contribution in [0.3, 0.4) is 0 Å². The molecule has 0 unspecified atom stereocenters. The third-order valence-corrected chi connectivity index (χ3v) is 2.65. The Morgan fingerprint density at radius 2 is 1.10 bits per heavy atom. The fraction of sp³-hybridized carbons (Fsp3) is 0.750. The molecule has 0 spiro atoms. The Hall–Kier alpha value is -1.71. The second-order valence-corrected chi connectivity index (χ2v) is 4.64. The molecule has 0 heterocycles. The van der Waals surface area contributed by atoms with Gasteiger partial charge in [-0.15, -0.1) is 0 Å². The van der Waals surface area contributed by atoms with Gasteiger partial charge in [-0.3, -0.25) is 24.2 Å². The van der Waals surface area contributed by atoms with E-state index in [-0.39, 0.29) is 17.7 Å². The highest BCUT2D eigenvalue weighted by Gasteiger charge is 2.09. The van der Waals surface area contributed by atoms with Crippen molar-refractivity contribution in [3.8, 4) is 0 Å². The molecular weight excluding hydrogens is 276 g/mol. The van der Waals surface area contributed by atoms with Crippen molar-refractivity contribution in [1.29, 1.82) is 0 Å². The minimum atomic E-state index is -0.142. The summed E-state index contributed by atoms with van der Waals surface area (Å²) in [4.78, 5) is 36.5. The Morgan fingerprint density at radius 1 is 0.762 bits per heavy atom. The summed E-state index contributed by atoms with van der Waals surface area (Å²) in [5.74, 6) is -0.407. The smallest absolute Gasteiger partial charge is 0.217 e. The molecule has 0 saturated heterocycles. The fourth-order valence-corrected chi connectivity index (χ4v) is 1.40. The van der Waals surface area contributed by atoms with Gasteiger partial charge < -0.3 is 21.7 Å². The second kappa shape index (κ2) is 11.0. The molecule has 5 N–H and O–H groups in total. The van der Waals surface area contributed by atoms with Gasteiger partial charge in [-0.1, -0.05) is 0 Å². The molecule has 0 aliphatic carbocycles. The number of hydrogen-bond donors (Lipinski definition) is 4. The molecule has 9 nitrogen and oxygen atoms in total. The van der Waals surface area contributed by atoms with E-state index in [9.17, 15) is 14.4 Å². The number of amides is 3. The lowest BCUT2D eigenvalue weighted by Gasteiger charge is -2.26. The number of hydrogen-bond acceptors (Lipinski definition) is 6. The maximum atomic E-state index is 11.0. The van der Waals surface area contributed by atoms with Crippen molar-refractivity contribution in [1.82, 2.24) is 25.8 Å². The van der Waals surface area contributed by atoms with Gasteiger partial charge >= 0.3 is 0 Å². The van der Waals surface area contributed by atoms with Crippen LogP contribution in [0.2, 0.25) is 0 Å². The van der Waals surface area contributed by atoms with E-state index in [1.54, 1.807) is 0 Å². The van der Waals surface area contributed by atoms with Gasteiger partial charge in [0.2, 0.25) is 17.7 Å². The summed E-state index contributed by atoms with van der Waals surface area (Å²) >= 11 is 0. The average molecular weight is 302 g/mol. The molecule has 0 aromatic rings. The Morgan fingerprint density at radius 3 is 1.43 bits per heavy atom. The van der Waals surface area contributed by atoms with Crippen LogP contribution >= 0.6 is 0 Å². The molecule has 0 aromatic heterocycles. The van der Waals surface area contributed by atoms with Crippen molar-refractivity contribution < 1.29 is 14.4 Å². The molecule has 0 aromatic carbocycles. The summed E-state index contributed by atoms with van der Waals surface area (Å²) in [5, 5.41) is 8.02. The van der Waals surface area contributed by atoms with Gasteiger partial charge in [0.15, 0.2) is 0 Å². The fourth-order valence-electron chi connectivity index (χ4n) is 1.40.